The van der Waals surface area contributed by atoms with Gasteiger partial charge in [0.1, 0.15) is 5.40 Å². The molecular weight excluding hydrogens is 184 g/mol. The van der Waals surface area contributed by atoms with Gasteiger partial charge >= 0.3 is 0 Å². The number of thiocyanates is 1. The average molecular weight is 192 g/mol. The number of oxime groups is 1. The molecule has 0 unspecified atom stereocenters. The van der Waals surface area contributed by atoms with Crippen LogP contribution >= 0.6 is 11.8 Å². The Bertz CT molecular complexity index is 329. The van der Waals surface area contributed by atoms with E-state index < -0.39 is 0 Å². The van der Waals surface area contributed by atoms with Crippen molar-refractivity contribution in [2.45, 2.75) is 0 Å². The molecule has 0 aromatic heterocycles. The van der Waals surface area contributed by atoms with Gasteiger partial charge in [-0.2, -0.15) is 5.26 Å². The lowest BCUT2D eigenvalue weighted by atomic mass is 10.1. The highest BCUT2D eigenvalue weighted by Crippen LogP contribution is 2.06. The van der Waals surface area contributed by atoms with Crippen LogP contribution in [0.4, 0.5) is 0 Å². The van der Waals surface area contributed by atoms with Gasteiger partial charge in [0.25, 0.3) is 0 Å². The summed E-state index contributed by atoms with van der Waals surface area (Å²) < 4.78 is 0. The summed E-state index contributed by atoms with van der Waals surface area (Å²) in [5.74, 6) is 0.400. The van der Waals surface area contributed by atoms with Crippen molar-refractivity contribution in [1.29, 1.82) is 5.26 Å². The third-order valence-electron chi connectivity index (χ3n) is 1.50. The molecule has 13 heavy (non-hydrogen) atoms. The summed E-state index contributed by atoms with van der Waals surface area (Å²) in [5.41, 5.74) is 1.36. The molecular formula is C9H8N2OS. The van der Waals surface area contributed by atoms with Crippen LogP contribution < -0.4 is 0 Å². The number of hydrogen-bond donors (Lipinski definition) is 1. The first kappa shape index (κ1) is 9.62. The predicted molar refractivity (Wildman–Crippen MR) is 52.8 cm³/mol. The van der Waals surface area contributed by atoms with Gasteiger partial charge in [-0.05, 0) is 11.8 Å². The standard InChI is InChI=1S/C9H8N2OS/c10-7-13-6-9(11-12)8-4-2-1-3-5-8/h1-5,12H,6H2. The molecule has 0 aliphatic rings. The monoisotopic (exact) mass is 192 g/mol. The number of nitriles is 1. The molecule has 0 bridgehead atoms. The normalized spacial score (nSPS) is 10.8. The van der Waals surface area contributed by atoms with Crippen LogP contribution in [-0.2, 0) is 0 Å². The first-order chi connectivity index (χ1) is 6.38. The molecule has 4 heteroatoms. The second kappa shape index (κ2) is 5.22. The second-order valence-electron chi connectivity index (χ2n) is 2.29. The number of benzene rings is 1. The van der Waals surface area contributed by atoms with Gasteiger partial charge in [0.2, 0.25) is 0 Å². The van der Waals surface area contributed by atoms with Crippen LogP contribution in [0.25, 0.3) is 0 Å². The molecule has 1 rings (SSSR count). The van der Waals surface area contributed by atoms with Crippen LogP contribution in [0.1, 0.15) is 5.56 Å². The highest BCUT2D eigenvalue weighted by Gasteiger charge is 2.02. The van der Waals surface area contributed by atoms with Crippen molar-refractivity contribution < 1.29 is 5.21 Å². The Kier molecular flexibility index (Phi) is 3.86. The van der Waals surface area contributed by atoms with E-state index in [4.69, 9.17) is 10.5 Å². The average Bonchev–Trinajstić information content (AvgIpc) is 2.21. The maximum atomic E-state index is 8.67. The first-order valence-corrected chi connectivity index (χ1v) is 4.64. The van der Waals surface area contributed by atoms with Gasteiger partial charge < -0.3 is 5.21 Å². The lowest BCUT2D eigenvalue weighted by molar-refractivity contribution is 0.319. The molecule has 66 valence electrons. The van der Waals surface area contributed by atoms with Crippen molar-refractivity contribution in [3.8, 4) is 5.40 Å². The summed E-state index contributed by atoms with van der Waals surface area (Å²) >= 11 is 1.05. The molecule has 1 aromatic carbocycles. The van der Waals surface area contributed by atoms with E-state index in [2.05, 4.69) is 5.16 Å². The minimum atomic E-state index is 0.400. The van der Waals surface area contributed by atoms with E-state index in [1.807, 2.05) is 35.7 Å². The smallest absolute Gasteiger partial charge is 0.133 e. The van der Waals surface area contributed by atoms with Crippen LogP contribution in [0.15, 0.2) is 35.5 Å². The van der Waals surface area contributed by atoms with Crippen molar-refractivity contribution in [3.63, 3.8) is 0 Å². The molecule has 3 nitrogen and oxygen atoms in total. The van der Waals surface area contributed by atoms with Crippen LogP contribution in [0.5, 0.6) is 0 Å². The van der Waals surface area contributed by atoms with E-state index in [1.54, 1.807) is 0 Å². The molecule has 0 atom stereocenters. The van der Waals surface area contributed by atoms with Gasteiger partial charge in [-0.1, -0.05) is 35.5 Å². The van der Waals surface area contributed by atoms with Crippen molar-refractivity contribution in [3.05, 3.63) is 35.9 Å². The number of rotatable bonds is 3. The minimum Gasteiger partial charge on any atom is -0.411 e. The zero-order chi connectivity index (χ0) is 9.52. The quantitative estimate of drug-likeness (QED) is 0.345. The zero-order valence-electron chi connectivity index (χ0n) is 6.84. The van der Waals surface area contributed by atoms with Gasteiger partial charge in [-0.15, -0.1) is 0 Å². The molecule has 1 N–H and O–H groups in total. The SMILES string of the molecule is N#CSCC(=NO)c1ccccc1. The van der Waals surface area contributed by atoms with E-state index >= 15 is 0 Å². The summed E-state index contributed by atoms with van der Waals surface area (Å²) in [5, 5.41) is 22.1. The van der Waals surface area contributed by atoms with E-state index in [0.29, 0.717) is 11.5 Å². The molecule has 0 heterocycles. The van der Waals surface area contributed by atoms with Crippen LogP contribution in [0.3, 0.4) is 0 Å². The maximum Gasteiger partial charge on any atom is 0.133 e. The highest BCUT2D eigenvalue weighted by atomic mass is 32.2. The predicted octanol–water partition coefficient (Wildman–Crippen LogP) is 2.08. The van der Waals surface area contributed by atoms with Gasteiger partial charge in [0, 0.05) is 5.56 Å². The number of thioether (sulfide) groups is 1. The largest absolute Gasteiger partial charge is 0.411 e. The van der Waals surface area contributed by atoms with Crippen molar-refractivity contribution >= 4 is 17.5 Å². The number of hydrogen-bond acceptors (Lipinski definition) is 4. The fourth-order valence-corrected chi connectivity index (χ4v) is 1.33. The Morgan fingerprint density at radius 1 is 1.46 bits per heavy atom. The summed E-state index contributed by atoms with van der Waals surface area (Å²) in [7, 11) is 0. The minimum absolute atomic E-state index is 0.400. The molecule has 0 saturated carbocycles. The second-order valence-corrected chi connectivity index (χ2v) is 3.05. The van der Waals surface area contributed by atoms with E-state index in [-0.39, 0.29) is 0 Å². The molecule has 0 spiro atoms. The molecule has 0 aliphatic carbocycles. The summed E-state index contributed by atoms with van der Waals surface area (Å²) in [6, 6.07) is 9.28. The maximum absolute atomic E-state index is 8.67. The molecule has 0 aliphatic heterocycles. The Hall–Kier alpha value is -1.47. The third-order valence-corrected chi connectivity index (χ3v) is 2.05. The van der Waals surface area contributed by atoms with E-state index in [1.165, 1.54) is 0 Å². The summed E-state index contributed by atoms with van der Waals surface area (Å²) in [6.45, 7) is 0. The molecule has 0 amide bonds. The molecule has 0 radical (unpaired) electrons. The highest BCUT2D eigenvalue weighted by molar-refractivity contribution is 8.04. The van der Waals surface area contributed by atoms with Crippen LogP contribution in [0, 0.1) is 10.7 Å². The van der Waals surface area contributed by atoms with Gasteiger partial charge in [0.15, 0.2) is 0 Å². The van der Waals surface area contributed by atoms with Crippen molar-refractivity contribution in [2.24, 2.45) is 5.16 Å². The Balaban J connectivity index is 2.76. The van der Waals surface area contributed by atoms with Gasteiger partial charge in [-0.3, -0.25) is 0 Å². The molecule has 1 aromatic rings. The van der Waals surface area contributed by atoms with Crippen molar-refractivity contribution in [2.75, 3.05) is 5.75 Å². The molecule has 0 saturated heterocycles. The Labute approximate surface area is 80.7 Å². The van der Waals surface area contributed by atoms with Crippen molar-refractivity contribution in [1.82, 2.24) is 0 Å². The topological polar surface area (TPSA) is 56.4 Å². The Morgan fingerprint density at radius 2 is 2.15 bits per heavy atom. The van der Waals surface area contributed by atoms with Crippen LogP contribution in [-0.4, -0.2) is 16.7 Å². The lowest BCUT2D eigenvalue weighted by Gasteiger charge is -1.99. The third kappa shape index (κ3) is 2.80. The Morgan fingerprint density at radius 3 is 2.69 bits per heavy atom. The van der Waals surface area contributed by atoms with Crippen LogP contribution in [0.2, 0.25) is 0 Å². The molecule has 0 fully saturated rings. The fourth-order valence-electron chi connectivity index (χ4n) is 0.901. The van der Waals surface area contributed by atoms with E-state index in [0.717, 1.165) is 17.3 Å². The summed E-state index contributed by atoms with van der Waals surface area (Å²) in [6.07, 6.45) is 0. The van der Waals surface area contributed by atoms with Gasteiger partial charge in [0.05, 0.1) is 11.5 Å². The fraction of sp³-hybridized carbons (Fsp3) is 0.111. The van der Waals surface area contributed by atoms with E-state index in [9.17, 15) is 0 Å². The lowest BCUT2D eigenvalue weighted by Crippen LogP contribution is -2.03. The zero-order valence-corrected chi connectivity index (χ0v) is 7.66. The van der Waals surface area contributed by atoms with Gasteiger partial charge in [-0.25, -0.2) is 0 Å². The first-order valence-electron chi connectivity index (χ1n) is 3.65. The number of nitrogens with zero attached hydrogens (tertiary/aromatic N) is 2. The summed E-state index contributed by atoms with van der Waals surface area (Å²) in [4.78, 5) is 0.